The average molecular weight is 196 g/mol. The quantitative estimate of drug-likeness (QED) is 0.743. The van der Waals surface area contributed by atoms with E-state index in [1.807, 2.05) is 12.1 Å². The SMILES string of the molecule is CCCOc1cccnc1OCCN. The van der Waals surface area contributed by atoms with Gasteiger partial charge in [-0.1, -0.05) is 6.92 Å². The molecule has 0 spiro atoms. The Morgan fingerprint density at radius 1 is 1.36 bits per heavy atom. The fraction of sp³-hybridized carbons (Fsp3) is 0.500. The van der Waals surface area contributed by atoms with Crippen molar-refractivity contribution in [2.45, 2.75) is 13.3 Å². The van der Waals surface area contributed by atoms with E-state index in [0.29, 0.717) is 31.4 Å². The van der Waals surface area contributed by atoms with Gasteiger partial charge in [0.25, 0.3) is 5.88 Å². The van der Waals surface area contributed by atoms with Gasteiger partial charge in [-0.3, -0.25) is 0 Å². The number of pyridine rings is 1. The number of ether oxygens (including phenoxy) is 2. The van der Waals surface area contributed by atoms with E-state index >= 15 is 0 Å². The lowest BCUT2D eigenvalue weighted by molar-refractivity contribution is 0.264. The average Bonchev–Trinajstić information content (AvgIpc) is 2.24. The molecule has 0 aliphatic rings. The van der Waals surface area contributed by atoms with Gasteiger partial charge in [-0.05, 0) is 18.6 Å². The number of aromatic nitrogens is 1. The van der Waals surface area contributed by atoms with Crippen molar-refractivity contribution >= 4 is 0 Å². The van der Waals surface area contributed by atoms with Crippen molar-refractivity contribution in [2.75, 3.05) is 19.8 Å². The summed E-state index contributed by atoms with van der Waals surface area (Å²) in [5, 5.41) is 0. The molecule has 0 saturated carbocycles. The van der Waals surface area contributed by atoms with E-state index in [1.54, 1.807) is 6.20 Å². The highest BCUT2D eigenvalue weighted by Crippen LogP contribution is 2.23. The Kier molecular flexibility index (Phi) is 4.78. The van der Waals surface area contributed by atoms with Crippen LogP contribution in [-0.4, -0.2) is 24.7 Å². The molecule has 4 nitrogen and oxygen atoms in total. The van der Waals surface area contributed by atoms with E-state index in [9.17, 15) is 0 Å². The Bertz CT molecular complexity index is 239. The molecular weight excluding hydrogens is 180 g/mol. The van der Waals surface area contributed by atoms with Crippen LogP contribution in [-0.2, 0) is 0 Å². The maximum absolute atomic E-state index is 5.46. The number of hydrogen-bond donors (Lipinski definition) is 1. The lowest BCUT2D eigenvalue weighted by Crippen LogP contribution is -2.12. The highest BCUT2D eigenvalue weighted by atomic mass is 16.5. The van der Waals surface area contributed by atoms with E-state index < -0.39 is 0 Å². The standard InChI is InChI=1S/C10H16N2O2/c1-2-7-13-9-4-3-6-12-10(9)14-8-5-11/h3-4,6H,2,5,7-8,11H2,1H3. The second-order valence-corrected chi connectivity index (χ2v) is 2.79. The molecule has 1 aromatic heterocycles. The van der Waals surface area contributed by atoms with Crippen LogP contribution < -0.4 is 15.2 Å². The monoisotopic (exact) mass is 196 g/mol. The first-order valence-electron chi connectivity index (χ1n) is 4.79. The zero-order chi connectivity index (χ0) is 10.2. The van der Waals surface area contributed by atoms with Gasteiger partial charge in [0.05, 0.1) is 6.61 Å². The van der Waals surface area contributed by atoms with Crippen LogP contribution in [0.3, 0.4) is 0 Å². The maximum Gasteiger partial charge on any atom is 0.257 e. The van der Waals surface area contributed by atoms with Gasteiger partial charge in [0.15, 0.2) is 5.75 Å². The fourth-order valence-electron chi connectivity index (χ4n) is 0.962. The molecule has 0 bridgehead atoms. The second kappa shape index (κ2) is 6.21. The molecule has 0 aliphatic heterocycles. The van der Waals surface area contributed by atoms with E-state index in [0.717, 1.165) is 6.42 Å². The Balaban J connectivity index is 2.60. The van der Waals surface area contributed by atoms with Gasteiger partial charge in [0, 0.05) is 12.7 Å². The molecule has 0 aliphatic carbocycles. The van der Waals surface area contributed by atoms with E-state index in [-0.39, 0.29) is 0 Å². The molecule has 4 heteroatoms. The molecular formula is C10H16N2O2. The zero-order valence-corrected chi connectivity index (χ0v) is 8.40. The first-order chi connectivity index (χ1) is 6.88. The van der Waals surface area contributed by atoms with E-state index in [1.165, 1.54) is 0 Å². The van der Waals surface area contributed by atoms with Crippen molar-refractivity contribution in [1.82, 2.24) is 4.98 Å². The summed E-state index contributed by atoms with van der Waals surface area (Å²) in [4.78, 5) is 4.07. The summed E-state index contributed by atoms with van der Waals surface area (Å²) >= 11 is 0. The predicted molar refractivity (Wildman–Crippen MR) is 54.6 cm³/mol. The van der Waals surface area contributed by atoms with Crippen LogP contribution in [0, 0.1) is 0 Å². The number of nitrogens with zero attached hydrogens (tertiary/aromatic N) is 1. The van der Waals surface area contributed by atoms with Crippen LogP contribution in [0.2, 0.25) is 0 Å². The smallest absolute Gasteiger partial charge is 0.257 e. The molecule has 0 radical (unpaired) electrons. The largest absolute Gasteiger partial charge is 0.488 e. The molecule has 0 saturated heterocycles. The molecule has 1 heterocycles. The van der Waals surface area contributed by atoms with Crippen molar-refractivity contribution in [1.29, 1.82) is 0 Å². The van der Waals surface area contributed by atoms with Crippen molar-refractivity contribution in [2.24, 2.45) is 5.73 Å². The Morgan fingerprint density at radius 3 is 2.93 bits per heavy atom. The van der Waals surface area contributed by atoms with Gasteiger partial charge in [-0.25, -0.2) is 4.98 Å². The van der Waals surface area contributed by atoms with Crippen LogP contribution >= 0.6 is 0 Å². The van der Waals surface area contributed by atoms with Gasteiger partial charge in [0.2, 0.25) is 0 Å². The van der Waals surface area contributed by atoms with Crippen molar-refractivity contribution in [3.05, 3.63) is 18.3 Å². The summed E-state index contributed by atoms with van der Waals surface area (Å²) in [5.41, 5.74) is 5.33. The van der Waals surface area contributed by atoms with Gasteiger partial charge >= 0.3 is 0 Å². The van der Waals surface area contributed by atoms with E-state index in [2.05, 4.69) is 11.9 Å². The van der Waals surface area contributed by atoms with Crippen molar-refractivity contribution < 1.29 is 9.47 Å². The Morgan fingerprint density at radius 2 is 2.21 bits per heavy atom. The third-order valence-corrected chi connectivity index (χ3v) is 1.55. The normalized spacial score (nSPS) is 9.86. The minimum atomic E-state index is 0.458. The fourth-order valence-corrected chi connectivity index (χ4v) is 0.962. The first-order valence-corrected chi connectivity index (χ1v) is 4.79. The highest BCUT2D eigenvalue weighted by Gasteiger charge is 2.04. The summed E-state index contributed by atoms with van der Waals surface area (Å²) in [7, 11) is 0. The third kappa shape index (κ3) is 3.22. The maximum atomic E-state index is 5.46. The second-order valence-electron chi connectivity index (χ2n) is 2.79. The molecule has 0 unspecified atom stereocenters. The molecule has 2 N–H and O–H groups in total. The lowest BCUT2D eigenvalue weighted by atomic mass is 10.4. The third-order valence-electron chi connectivity index (χ3n) is 1.55. The Hall–Kier alpha value is -1.29. The topological polar surface area (TPSA) is 57.4 Å². The zero-order valence-electron chi connectivity index (χ0n) is 8.40. The number of nitrogens with two attached hydrogens (primary N) is 1. The van der Waals surface area contributed by atoms with Crippen molar-refractivity contribution in [3.8, 4) is 11.6 Å². The van der Waals surface area contributed by atoms with Crippen LogP contribution in [0.15, 0.2) is 18.3 Å². The van der Waals surface area contributed by atoms with Crippen LogP contribution in [0.5, 0.6) is 11.6 Å². The summed E-state index contributed by atoms with van der Waals surface area (Å²) in [5.74, 6) is 1.20. The number of rotatable bonds is 6. The molecule has 0 fully saturated rings. The van der Waals surface area contributed by atoms with E-state index in [4.69, 9.17) is 15.2 Å². The van der Waals surface area contributed by atoms with Crippen LogP contribution in [0.4, 0.5) is 0 Å². The van der Waals surface area contributed by atoms with Gasteiger partial charge in [0.1, 0.15) is 6.61 Å². The minimum absolute atomic E-state index is 0.458. The van der Waals surface area contributed by atoms with Gasteiger partial charge in [-0.15, -0.1) is 0 Å². The summed E-state index contributed by atoms with van der Waals surface area (Å²) in [6, 6.07) is 3.66. The number of hydrogen-bond acceptors (Lipinski definition) is 4. The Labute approximate surface area is 84.0 Å². The molecule has 1 aromatic rings. The predicted octanol–water partition coefficient (Wildman–Crippen LogP) is 1.21. The van der Waals surface area contributed by atoms with Crippen molar-refractivity contribution in [3.63, 3.8) is 0 Å². The molecule has 0 amide bonds. The summed E-state index contributed by atoms with van der Waals surface area (Å²) in [6.07, 6.45) is 2.63. The first kappa shape index (κ1) is 10.8. The van der Waals surface area contributed by atoms with Gasteiger partial charge < -0.3 is 15.2 Å². The lowest BCUT2D eigenvalue weighted by Gasteiger charge is -2.09. The molecule has 0 atom stereocenters. The molecule has 1 rings (SSSR count). The molecule has 0 aromatic carbocycles. The molecule has 14 heavy (non-hydrogen) atoms. The highest BCUT2D eigenvalue weighted by molar-refractivity contribution is 5.32. The summed E-state index contributed by atoms with van der Waals surface area (Å²) in [6.45, 7) is 3.66. The minimum Gasteiger partial charge on any atom is -0.488 e. The van der Waals surface area contributed by atoms with Crippen LogP contribution in [0.1, 0.15) is 13.3 Å². The van der Waals surface area contributed by atoms with Crippen LogP contribution in [0.25, 0.3) is 0 Å². The molecule has 78 valence electrons. The summed E-state index contributed by atoms with van der Waals surface area (Å²) < 4.78 is 10.8. The van der Waals surface area contributed by atoms with Gasteiger partial charge in [-0.2, -0.15) is 0 Å².